The van der Waals surface area contributed by atoms with Crippen molar-refractivity contribution in [1.29, 1.82) is 0 Å². The molecular formula is C15H20N4O. The fraction of sp³-hybridized carbons (Fsp3) is 0.467. The van der Waals surface area contributed by atoms with Gasteiger partial charge in [-0.1, -0.05) is 25.5 Å². The average Bonchev–Trinajstić information content (AvgIpc) is 2.75. The zero-order valence-corrected chi connectivity index (χ0v) is 12.2. The molecule has 1 aliphatic rings. The standard InChI is InChI=1S/C15H20N4O/c1-4-5-10-18-14(20)19-12-9-7-6-8-11(12)16-13(19)17-15(18,2)3/h6-9H,4-5,10H2,1-3H3,(H,16,17). The van der Waals surface area contributed by atoms with Crippen molar-refractivity contribution in [3.8, 4) is 0 Å². The number of hydrogen-bond acceptors (Lipinski definition) is 3. The summed E-state index contributed by atoms with van der Waals surface area (Å²) in [7, 11) is 0. The van der Waals surface area contributed by atoms with Crippen LogP contribution in [0.1, 0.15) is 33.6 Å². The normalized spacial score (nSPS) is 17.1. The highest BCUT2D eigenvalue weighted by Gasteiger charge is 2.38. The second kappa shape index (κ2) is 4.51. The largest absolute Gasteiger partial charge is 0.333 e. The first-order chi connectivity index (χ1) is 9.54. The number of rotatable bonds is 3. The van der Waals surface area contributed by atoms with Crippen LogP contribution in [0.4, 0.5) is 10.7 Å². The molecule has 1 aromatic heterocycles. The topological polar surface area (TPSA) is 50.2 Å². The molecule has 2 aromatic rings. The third-order valence-corrected chi connectivity index (χ3v) is 3.81. The molecule has 2 heterocycles. The summed E-state index contributed by atoms with van der Waals surface area (Å²) in [5.41, 5.74) is 1.29. The predicted molar refractivity (Wildman–Crippen MR) is 79.8 cm³/mol. The number of benzene rings is 1. The molecule has 1 aliphatic heterocycles. The molecule has 0 aliphatic carbocycles. The van der Waals surface area contributed by atoms with E-state index >= 15 is 0 Å². The van der Waals surface area contributed by atoms with Gasteiger partial charge in [-0.15, -0.1) is 0 Å². The SMILES string of the molecule is CCCCN1C(=O)n2c(nc3ccccc32)NC1(C)C. The Labute approximate surface area is 118 Å². The quantitative estimate of drug-likeness (QED) is 0.933. The van der Waals surface area contributed by atoms with Gasteiger partial charge in [0.05, 0.1) is 11.0 Å². The minimum atomic E-state index is -0.413. The lowest BCUT2D eigenvalue weighted by atomic mass is 10.1. The highest BCUT2D eigenvalue weighted by Crippen LogP contribution is 2.30. The lowest BCUT2D eigenvalue weighted by molar-refractivity contribution is 0.142. The van der Waals surface area contributed by atoms with Crippen molar-refractivity contribution in [2.24, 2.45) is 0 Å². The Hall–Kier alpha value is -2.04. The van der Waals surface area contributed by atoms with Gasteiger partial charge < -0.3 is 10.2 Å². The Balaban J connectivity index is 2.10. The van der Waals surface area contributed by atoms with Gasteiger partial charge in [-0.3, -0.25) is 0 Å². The highest BCUT2D eigenvalue weighted by atomic mass is 16.2. The molecule has 0 spiro atoms. The van der Waals surface area contributed by atoms with Crippen molar-refractivity contribution < 1.29 is 4.79 Å². The van der Waals surface area contributed by atoms with Crippen LogP contribution >= 0.6 is 0 Å². The van der Waals surface area contributed by atoms with Crippen LogP contribution in [0.25, 0.3) is 11.0 Å². The Kier molecular flexibility index (Phi) is 2.92. The monoisotopic (exact) mass is 272 g/mol. The highest BCUT2D eigenvalue weighted by molar-refractivity contribution is 5.94. The van der Waals surface area contributed by atoms with Gasteiger partial charge >= 0.3 is 6.03 Å². The van der Waals surface area contributed by atoms with E-state index in [4.69, 9.17) is 0 Å². The number of carbonyl (C=O) groups is 1. The number of unbranched alkanes of at least 4 members (excludes halogenated alkanes) is 1. The molecule has 5 heteroatoms. The van der Waals surface area contributed by atoms with Gasteiger partial charge in [0.25, 0.3) is 0 Å². The van der Waals surface area contributed by atoms with Crippen LogP contribution in [0.2, 0.25) is 0 Å². The number of fused-ring (bicyclic) bond motifs is 3. The molecule has 1 aromatic carbocycles. The maximum Gasteiger partial charge on any atom is 0.333 e. The molecule has 0 radical (unpaired) electrons. The Morgan fingerprint density at radius 3 is 2.80 bits per heavy atom. The summed E-state index contributed by atoms with van der Waals surface area (Å²) in [5.74, 6) is 0.633. The van der Waals surface area contributed by atoms with Crippen LogP contribution in [0.15, 0.2) is 24.3 Å². The number of hydrogen-bond donors (Lipinski definition) is 1. The first-order valence-corrected chi connectivity index (χ1v) is 7.12. The number of nitrogens with one attached hydrogen (secondary N) is 1. The molecule has 3 rings (SSSR count). The van der Waals surface area contributed by atoms with Crippen LogP contribution in [0.5, 0.6) is 0 Å². The summed E-state index contributed by atoms with van der Waals surface area (Å²) in [6, 6.07) is 7.73. The van der Waals surface area contributed by atoms with E-state index in [0.717, 1.165) is 30.4 Å². The van der Waals surface area contributed by atoms with Crippen molar-refractivity contribution in [3.63, 3.8) is 0 Å². The van der Waals surface area contributed by atoms with Crippen molar-refractivity contribution in [1.82, 2.24) is 14.5 Å². The molecule has 20 heavy (non-hydrogen) atoms. The fourth-order valence-electron chi connectivity index (χ4n) is 2.70. The van der Waals surface area contributed by atoms with Gasteiger partial charge in [-0.05, 0) is 32.4 Å². The predicted octanol–water partition coefficient (Wildman–Crippen LogP) is 3.27. The van der Waals surface area contributed by atoms with Gasteiger partial charge in [0, 0.05) is 6.54 Å². The number of nitrogens with zero attached hydrogens (tertiary/aromatic N) is 3. The van der Waals surface area contributed by atoms with Crippen LogP contribution < -0.4 is 5.32 Å². The number of amides is 1. The molecule has 0 fully saturated rings. The summed E-state index contributed by atoms with van der Waals surface area (Å²) in [4.78, 5) is 19.2. The Morgan fingerprint density at radius 1 is 1.30 bits per heavy atom. The molecule has 1 amide bonds. The van der Waals surface area contributed by atoms with E-state index in [-0.39, 0.29) is 6.03 Å². The van der Waals surface area contributed by atoms with Gasteiger partial charge in [0.15, 0.2) is 0 Å². The van der Waals surface area contributed by atoms with Crippen molar-refractivity contribution in [2.45, 2.75) is 39.3 Å². The van der Waals surface area contributed by atoms with E-state index in [0.29, 0.717) is 5.95 Å². The number of para-hydroxylation sites is 2. The van der Waals surface area contributed by atoms with E-state index < -0.39 is 5.66 Å². The second-order valence-corrected chi connectivity index (χ2v) is 5.73. The van der Waals surface area contributed by atoms with Gasteiger partial charge in [0.2, 0.25) is 5.95 Å². The summed E-state index contributed by atoms with van der Waals surface area (Å²) in [6.45, 7) is 6.92. The first kappa shape index (κ1) is 13.0. The maximum absolute atomic E-state index is 12.8. The minimum absolute atomic E-state index is 0.00546. The minimum Gasteiger partial charge on any atom is -0.333 e. The van der Waals surface area contributed by atoms with Crippen molar-refractivity contribution >= 4 is 23.0 Å². The Morgan fingerprint density at radius 2 is 2.05 bits per heavy atom. The zero-order chi connectivity index (χ0) is 14.3. The van der Waals surface area contributed by atoms with Crippen LogP contribution in [0, 0.1) is 0 Å². The van der Waals surface area contributed by atoms with Crippen LogP contribution in [-0.4, -0.2) is 32.7 Å². The van der Waals surface area contributed by atoms with E-state index in [9.17, 15) is 4.79 Å². The smallest absolute Gasteiger partial charge is 0.333 e. The van der Waals surface area contributed by atoms with Gasteiger partial charge in [-0.25, -0.2) is 14.3 Å². The van der Waals surface area contributed by atoms with E-state index in [1.54, 1.807) is 4.57 Å². The lowest BCUT2D eigenvalue weighted by Crippen LogP contribution is -2.58. The number of imidazole rings is 1. The number of aromatic nitrogens is 2. The molecule has 0 saturated carbocycles. The molecule has 0 saturated heterocycles. The summed E-state index contributed by atoms with van der Waals surface area (Å²) in [5, 5.41) is 3.37. The summed E-state index contributed by atoms with van der Waals surface area (Å²) >= 11 is 0. The third kappa shape index (κ3) is 1.85. The number of carbonyl (C=O) groups excluding carboxylic acids is 1. The summed E-state index contributed by atoms with van der Waals surface area (Å²) in [6.07, 6.45) is 2.07. The molecule has 106 valence electrons. The Bertz CT molecular complexity index is 659. The molecule has 5 nitrogen and oxygen atoms in total. The molecular weight excluding hydrogens is 252 g/mol. The van der Waals surface area contributed by atoms with Crippen LogP contribution in [0.3, 0.4) is 0 Å². The first-order valence-electron chi connectivity index (χ1n) is 7.12. The van der Waals surface area contributed by atoms with Crippen molar-refractivity contribution in [3.05, 3.63) is 24.3 Å². The van der Waals surface area contributed by atoms with Crippen molar-refractivity contribution in [2.75, 3.05) is 11.9 Å². The summed E-state index contributed by atoms with van der Waals surface area (Å²) < 4.78 is 1.68. The number of anilines is 1. The third-order valence-electron chi connectivity index (χ3n) is 3.81. The van der Waals surface area contributed by atoms with E-state index in [2.05, 4.69) is 17.2 Å². The molecule has 1 N–H and O–H groups in total. The maximum atomic E-state index is 12.8. The lowest BCUT2D eigenvalue weighted by Gasteiger charge is -2.43. The molecule has 0 bridgehead atoms. The van der Waals surface area contributed by atoms with Gasteiger partial charge in [-0.2, -0.15) is 0 Å². The van der Waals surface area contributed by atoms with E-state index in [1.807, 2.05) is 43.0 Å². The van der Waals surface area contributed by atoms with Gasteiger partial charge in [0.1, 0.15) is 5.66 Å². The second-order valence-electron chi connectivity index (χ2n) is 5.73. The molecule has 0 atom stereocenters. The molecule has 0 unspecified atom stereocenters. The average molecular weight is 272 g/mol. The van der Waals surface area contributed by atoms with Crippen LogP contribution in [-0.2, 0) is 0 Å². The fourth-order valence-corrected chi connectivity index (χ4v) is 2.70. The van der Waals surface area contributed by atoms with E-state index in [1.165, 1.54) is 0 Å². The zero-order valence-electron chi connectivity index (χ0n) is 12.2.